The average molecular weight is 308 g/mol. The molecule has 2 aromatic carbocycles. The van der Waals surface area contributed by atoms with Crippen LogP contribution in [0.3, 0.4) is 0 Å². The largest absolute Gasteiger partial charge is 0.454 e. The summed E-state index contributed by atoms with van der Waals surface area (Å²) in [6.07, 6.45) is 8.06. The van der Waals surface area contributed by atoms with Gasteiger partial charge in [0.2, 0.25) is 6.79 Å². The van der Waals surface area contributed by atoms with Gasteiger partial charge < -0.3 is 9.47 Å². The van der Waals surface area contributed by atoms with Gasteiger partial charge in [-0.2, -0.15) is 0 Å². The lowest BCUT2D eigenvalue weighted by Gasteiger charge is -2.27. The van der Waals surface area contributed by atoms with Gasteiger partial charge in [-0.25, -0.2) is 0 Å². The first kappa shape index (κ1) is 15.7. The number of benzene rings is 2. The summed E-state index contributed by atoms with van der Waals surface area (Å²) in [5.41, 5.74) is 2.51. The van der Waals surface area contributed by atoms with E-state index >= 15 is 0 Å². The third kappa shape index (κ3) is 3.58. The molecule has 0 fully saturated rings. The van der Waals surface area contributed by atoms with Crippen molar-refractivity contribution in [1.82, 2.24) is 0 Å². The topological polar surface area (TPSA) is 18.5 Å². The predicted octanol–water partition coefficient (Wildman–Crippen LogP) is 5.58. The second-order valence-corrected chi connectivity index (χ2v) is 6.33. The Morgan fingerprint density at radius 1 is 1.04 bits per heavy atom. The lowest BCUT2D eigenvalue weighted by molar-refractivity contribution is 0.174. The number of allylic oxidation sites excluding steroid dienone is 1. The zero-order valence-electron chi connectivity index (χ0n) is 13.9. The normalized spacial score (nSPS) is 15.7. The summed E-state index contributed by atoms with van der Waals surface area (Å²) in [6.45, 7) is 4.87. The maximum Gasteiger partial charge on any atom is 0.231 e. The van der Waals surface area contributed by atoms with E-state index in [1.165, 1.54) is 24.0 Å². The zero-order chi connectivity index (χ0) is 16.1. The van der Waals surface area contributed by atoms with Crippen LogP contribution in [0.5, 0.6) is 11.5 Å². The molecule has 1 heterocycles. The van der Waals surface area contributed by atoms with Crippen LogP contribution in [0, 0.1) is 0 Å². The molecule has 1 aliphatic rings. The van der Waals surface area contributed by atoms with Crippen molar-refractivity contribution in [3.63, 3.8) is 0 Å². The summed E-state index contributed by atoms with van der Waals surface area (Å²) in [5.74, 6) is 1.71. The average Bonchev–Trinajstić information content (AvgIpc) is 3.07. The van der Waals surface area contributed by atoms with Crippen molar-refractivity contribution >= 4 is 6.08 Å². The van der Waals surface area contributed by atoms with Crippen LogP contribution in [0.15, 0.2) is 54.6 Å². The van der Waals surface area contributed by atoms with Crippen molar-refractivity contribution in [1.29, 1.82) is 0 Å². The molecular weight excluding hydrogens is 284 g/mol. The number of rotatable bonds is 6. The number of fused-ring (bicyclic) bond motifs is 1. The van der Waals surface area contributed by atoms with E-state index in [1.807, 2.05) is 12.1 Å². The minimum Gasteiger partial charge on any atom is -0.454 e. The monoisotopic (exact) mass is 308 g/mol. The molecule has 0 saturated heterocycles. The van der Waals surface area contributed by atoms with Gasteiger partial charge in [-0.3, -0.25) is 0 Å². The molecule has 23 heavy (non-hydrogen) atoms. The molecule has 0 spiro atoms. The molecule has 0 aromatic heterocycles. The molecule has 2 nitrogen and oxygen atoms in total. The summed E-state index contributed by atoms with van der Waals surface area (Å²) < 4.78 is 11.0. The fourth-order valence-corrected chi connectivity index (χ4v) is 2.96. The molecular formula is C21H24O2. The fourth-order valence-electron chi connectivity index (χ4n) is 2.96. The fraction of sp³-hybridized carbons (Fsp3) is 0.333. The van der Waals surface area contributed by atoms with Crippen molar-refractivity contribution in [3.05, 3.63) is 65.7 Å². The Kier molecular flexibility index (Phi) is 4.71. The maximum atomic E-state index is 5.56. The highest BCUT2D eigenvalue weighted by molar-refractivity contribution is 5.54. The minimum absolute atomic E-state index is 0.00711. The van der Waals surface area contributed by atoms with Crippen LogP contribution in [0.1, 0.15) is 44.2 Å². The molecule has 0 radical (unpaired) electrons. The molecule has 0 bridgehead atoms. The Morgan fingerprint density at radius 2 is 1.83 bits per heavy atom. The summed E-state index contributed by atoms with van der Waals surface area (Å²) >= 11 is 0. The number of hydrogen-bond acceptors (Lipinski definition) is 2. The SMILES string of the molecule is CCCC[C@@](C)(/C=C/c1ccccc1)c1ccc2c(c1)OCO2. The van der Waals surface area contributed by atoms with Crippen LogP contribution in [-0.2, 0) is 5.41 Å². The lowest BCUT2D eigenvalue weighted by atomic mass is 9.77. The zero-order valence-corrected chi connectivity index (χ0v) is 13.9. The van der Waals surface area contributed by atoms with Crippen LogP contribution in [-0.4, -0.2) is 6.79 Å². The highest BCUT2D eigenvalue weighted by Crippen LogP contribution is 2.39. The Balaban J connectivity index is 1.91. The van der Waals surface area contributed by atoms with Crippen LogP contribution in [0.4, 0.5) is 0 Å². The van der Waals surface area contributed by atoms with Gasteiger partial charge in [0.25, 0.3) is 0 Å². The van der Waals surface area contributed by atoms with Crippen molar-refractivity contribution in [2.24, 2.45) is 0 Å². The summed E-state index contributed by atoms with van der Waals surface area (Å²) in [4.78, 5) is 0. The van der Waals surface area contributed by atoms with Crippen molar-refractivity contribution in [2.75, 3.05) is 6.79 Å². The molecule has 2 heteroatoms. The van der Waals surface area contributed by atoms with E-state index in [1.54, 1.807) is 0 Å². The van der Waals surface area contributed by atoms with Gasteiger partial charge in [0, 0.05) is 5.41 Å². The second-order valence-electron chi connectivity index (χ2n) is 6.33. The molecule has 1 aliphatic heterocycles. The standard InChI is InChI=1S/C21H24O2/c1-3-4-13-21(2,14-12-17-8-6-5-7-9-17)18-10-11-19-20(15-18)23-16-22-19/h5-12,14-15H,3-4,13,16H2,1-2H3/b14-12+/t21-/m0/s1. The first-order valence-electron chi connectivity index (χ1n) is 8.36. The quantitative estimate of drug-likeness (QED) is 0.694. The van der Waals surface area contributed by atoms with Gasteiger partial charge in [-0.15, -0.1) is 0 Å². The maximum absolute atomic E-state index is 5.56. The highest BCUT2D eigenvalue weighted by Gasteiger charge is 2.25. The molecule has 2 aromatic rings. The van der Waals surface area contributed by atoms with Crippen molar-refractivity contribution in [3.8, 4) is 11.5 Å². The van der Waals surface area contributed by atoms with Gasteiger partial charge in [0.1, 0.15) is 0 Å². The van der Waals surface area contributed by atoms with Gasteiger partial charge >= 0.3 is 0 Å². The van der Waals surface area contributed by atoms with E-state index in [0.29, 0.717) is 6.79 Å². The van der Waals surface area contributed by atoms with Crippen LogP contribution in [0.2, 0.25) is 0 Å². The van der Waals surface area contributed by atoms with Crippen LogP contribution in [0.25, 0.3) is 6.08 Å². The Morgan fingerprint density at radius 3 is 2.61 bits per heavy atom. The van der Waals surface area contributed by atoms with Crippen LogP contribution < -0.4 is 9.47 Å². The number of ether oxygens (including phenoxy) is 2. The van der Waals surface area contributed by atoms with E-state index in [0.717, 1.165) is 17.9 Å². The van der Waals surface area contributed by atoms with Crippen molar-refractivity contribution in [2.45, 2.75) is 38.5 Å². The number of unbranched alkanes of at least 4 members (excludes halogenated alkanes) is 1. The van der Waals surface area contributed by atoms with Gasteiger partial charge in [-0.1, -0.05) is 75.2 Å². The van der Waals surface area contributed by atoms with Crippen LogP contribution >= 0.6 is 0 Å². The predicted molar refractivity (Wildman–Crippen MR) is 94.9 cm³/mol. The molecule has 0 aliphatic carbocycles. The minimum atomic E-state index is -0.00711. The molecule has 0 saturated carbocycles. The van der Waals surface area contributed by atoms with Crippen molar-refractivity contribution < 1.29 is 9.47 Å². The third-order valence-electron chi connectivity index (χ3n) is 4.52. The molecule has 1 atom stereocenters. The van der Waals surface area contributed by atoms with Gasteiger partial charge in [0.05, 0.1) is 0 Å². The third-order valence-corrected chi connectivity index (χ3v) is 4.52. The molecule has 120 valence electrons. The molecule has 0 unspecified atom stereocenters. The van der Waals surface area contributed by atoms with E-state index in [2.05, 4.69) is 62.4 Å². The van der Waals surface area contributed by atoms with E-state index < -0.39 is 0 Å². The van der Waals surface area contributed by atoms with E-state index in [4.69, 9.17) is 9.47 Å². The lowest BCUT2D eigenvalue weighted by Crippen LogP contribution is -2.18. The molecule has 0 N–H and O–H groups in total. The summed E-state index contributed by atoms with van der Waals surface area (Å²) in [5, 5.41) is 0. The first-order chi connectivity index (χ1) is 11.2. The van der Waals surface area contributed by atoms with E-state index in [-0.39, 0.29) is 5.41 Å². The smallest absolute Gasteiger partial charge is 0.231 e. The first-order valence-corrected chi connectivity index (χ1v) is 8.36. The van der Waals surface area contributed by atoms with Gasteiger partial charge in [0.15, 0.2) is 11.5 Å². The number of hydrogen-bond donors (Lipinski definition) is 0. The summed E-state index contributed by atoms with van der Waals surface area (Å²) in [7, 11) is 0. The van der Waals surface area contributed by atoms with E-state index in [9.17, 15) is 0 Å². The Bertz CT molecular complexity index is 675. The highest BCUT2D eigenvalue weighted by atomic mass is 16.7. The Labute approximate surface area is 138 Å². The summed E-state index contributed by atoms with van der Waals surface area (Å²) in [6, 6.07) is 16.8. The van der Waals surface area contributed by atoms with Gasteiger partial charge in [-0.05, 0) is 29.7 Å². The Hall–Kier alpha value is -2.22. The molecule has 3 rings (SSSR count). The molecule has 0 amide bonds. The second kappa shape index (κ2) is 6.91.